The second-order valence-corrected chi connectivity index (χ2v) is 33.7. The lowest BCUT2D eigenvalue weighted by molar-refractivity contribution is -0.161. The summed E-state index contributed by atoms with van der Waals surface area (Å²) in [6.07, 6.45) is 70.7. The van der Waals surface area contributed by atoms with E-state index in [1.807, 2.05) is 0 Å². The third kappa shape index (κ3) is 76.8. The average Bonchev–Trinajstić information content (AvgIpc) is 0.928. The van der Waals surface area contributed by atoms with Gasteiger partial charge in [-0.15, -0.1) is 0 Å². The third-order valence-corrected chi connectivity index (χ3v) is 22.3. The number of ether oxygens (including phenoxy) is 4. The molecule has 0 aromatic heterocycles. The molecule has 0 aliphatic rings. The normalized spacial score (nSPS) is 14.0. The number of carbonyl (C=O) groups is 4. The highest BCUT2D eigenvalue weighted by Gasteiger charge is 2.30. The summed E-state index contributed by atoms with van der Waals surface area (Å²) in [5, 5.41) is 10.7. The van der Waals surface area contributed by atoms with Gasteiger partial charge in [0.25, 0.3) is 0 Å². The molecule has 0 radical (unpaired) electrons. The SMILES string of the molecule is CCCCCCCCCCCCCCCCCCCCCCC(=O)O[C@H](COC(=O)CCCCCCCCCCCCCCCCCC)COP(=O)(O)OC[C@@H](O)COP(=O)(O)OC[C@@H](COC(=O)CCCCCCCCCCC(C)CC)OC(=O)CCCCCCCCCCCCCCCCCC. The summed E-state index contributed by atoms with van der Waals surface area (Å²) in [4.78, 5) is 73.2. The number of rotatable bonds is 85. The quantitative estimate of drug-likeness (QED) is 0.0222. The van der Waals surface area contributed by atoms with Crippen molar-refractivity contribution in [1.29, 1.82) is 0 Å². The van der Waals surface area contributed by atoms with Gasteiger partial charge in [-0.1, -0.05) is 407 Å². The summed E-state index contributed by atoms with van der Waals surface area (Å²) in [5.74, 6) is -1.32. The van der Waals surface area contributed by atoms with Gasteiger partial charge in [0.05, 0.1) is 26.4 Å². The predicted molar refractivity (Wildman–Crippen MR) is 428 cm³/mol. The van der Waals surface area contributed by atoms with Gasteiger partial charge in [0.15, 0.2) is 12.2 Å². The number of esters is 4. The monoisotopic (exact) mass is 1520 g/mol. The van der Waals surface area contributed by atoms with Gasteiger partial charge >= 0.3 is 39.5 Å². The Morgan fingerprint density at radius 2 is 0.462 bits per heavy atom. The van der Waals surface area contributed by atoms with Gasteiger partial charge in [0.1, 0.15) is 19.3 Å². The van der Waals surface area contributed by atoms with Gasteiger partial charge < -0.3 is 33.8 Å². The maximum absolute atomic E-state index is 13.1. The highest BCUT2D eigenvalue weighted by atomic mass is 31.2. The van der Waals surface area contributed by atoms with Crippen molar-refractivity contribution >= 4 is 39.5 Å². The molecule has 0 rings (SSSR count). The molecule has 0 aliphatic heterocycles. The van der Waals surface area contributed by atoms with E-state index in [0.717, 1.165) is 95.8 Å². The second kappa shape index (κ2) is 77.8. The number of hydrogen-bond donors (Lipinski definition) is 3. The van der Waals surface area contributed by atoms with Gasteiger partial charge in [-0.2, -0.15) is 0 Å². The molecule has 0 bridgehead atoms. The van der Waals surface area contributed by atoms with Crippen LogP contribution in [0.3, 0.4) is 0 Å². The first-order valence-corrected chi connectivity index (χ1v) is 47.2. The van der Waals surface area contributed by atoms with Crippen molar-refractivity contribution < 1.29 is 80.2 Å². The molecule has 0 fully saturated rings. The molecule has 19 heteroatoms. The maximum atomic E-state index is 13.1. The van der Waals surface area contributed by atoms with Crippen LogP contribution in [0.5, 0.6) is 0 Å². The zero-order valence-corrected chi connectivity index (χ0v) is 70.0. The highest BCUT2D eigenvalue weighted by Crippen LogP contribution is 2.45. The Kier molecular flexibility index (Phi) is 76.3. The molecule has 0 heterocycles. The standard InChI is InChI=1S/C85H166O17P2/c1-6-10-13-16-19-22-25-28-31-34-35-36-37-40-43-46-49-56-61-66-71-84(89)101-80(74-95-82(87)68-63-58-53-47-44-41-38-32-29-26-23-20-17-14-11-7-2)76-99-103(91,92)97-72-79(86)73-98-104(93,94)100-77-81(75-96-83(88)69-64-59-54-51-50-52-57-62-67-78(5)9-4)102-85(90)70-65-60-55-48-45-42-39-33-30-27-24-21-18-15-12-8-3/h78-81,86H,6-77H2,1-5H3,(H,91,92)(H,93,94)/t78?,79-,80-,81-/m1/s1. The number of hydrogen-bond acceptors (Lipinski definition) is 15. The smallest absolute Gasteiger partial charge is 0.462 e. The largest absolute Gasteiger partial charge is 0.472 e. The lowest BCUT2D eigenvalue weighted by Gasteiger charge is -2.21. The average molecular weight is 1520 g/mol. The minimum atomic E-state index is -4.96. The summed E-state index contributed by atoms with van der Waals surface area (Å²) >= 11 is 0. The van der Waals surface area contributed by atoms with Crippen LogP contribution in [0.2, 0.25) is 0 Å². The third-order valence-electron chi connectivity index (χ3n) is 20.4. The molecule has 618 valence electrons. The lowest BCUT2D eigenvalue weighted by atomic mass is 9.99. The number of phosphoric ester groups is 2. The van der Waals surface area contributed by atoms with Crippen molar-refractivity contribution in [3.8, 4) is 0 Å². The Morgan fingerprint density at radius 3 is 0.683 bits per heavy atom. The van der Waals surface area contributed by atoms with Crippen LogP contribution in [0.1, 0.15) is 458 Å². The summed E-state index contributed by atoms with van der Waals surface area (Å²) < 4.78 is 68.9. The van der Waals surface area contributed by atoms with E-state index in [4.69, 9.17) is 37.0 Å². The van der Waals surface area contributed by atoms with Crippen molar-refractivity contribution in [3.63, 3.8) is 0 Å². The van der Waals surface area contributed by atoms with E-state index in [1.165, 1.54) is 283 Å². The molecule has 0 aromatic carbocycles. The Balaban J connectivity index is 5.25. The molecule has 104 heavy (non-hydrogen) atoms. The van der Waals surface area contributed by atoms with Gasteiger partial charge in [0, 0.05) is 25.7 Å². The van der Waals surface area contributed by atoms with Gasteiger partial charge in [0.2, 0.25) is 0 Å². The molecule has 0 aliphatic carbocycles. The Bertz CT molecular complexity index is 1980. The Hall–Kier alpha value is -1.94. The molecular formula is C85H166O17P2. The van der Waals surface area contributed by atoms with Crippen LogP contribution >= 0.6 is 15.6 Å². The van der Waals surface area contributed by atoms with Crippen LogP contribution in [0.25, 0.3) is 0 Å². The van der Waals surface area contributed by atoms with E-state index >= 15 is 0 Å². The summed E-state index contributed by atoms with van der Waals surface area (Å²) in [5.41, 5.74) is 0. The minimum absolute atomic E-state index is 0.108. The predicted octanol–water partition coefficient (Wildman–Crippen LogP) is 26.0. The fourth-order valence-corrected chi connectivity index (χ4v) is 14.8. The lowest BCUT2D eigenvalue weighted by Crippen LogP contribution is -2.30. The Morgan fingerprint density at radius 1 is 0.269 bits per heavy atom. The number of aliphatic hydroxyl groups excluding tert-OH is 1. The fraction of sp³-hybridized carbons (Fsp3) is 0.953. The molecule has 0 amide bonds. The number of phosphoric acid groups is 2. The van der Waals surface area contributed by atoms with E-state index in [0.29, 0.717) is 25.7 Å². The molecule has 6 atom stereocenters. The summed E-state index contributed by atoms with van der Waals surface area (Å²) in [7, 11) is -9.93. The summed E-state index contributed by atoms with van der Waals surface area (Å²) in [6, 6.07) is 0. The Labute approximate surface area is 638 Å². The van der Waals surface area contributed by atoms with Crippen molar-refractivity contribution in [3.05, 3.63) is 0 Å². The molecule has 3 N–H and O–H groups in total. The van der Waals surface area contributed by atoms with Crippen molar-refractivity contribution in [2.45, 2.75) is 477 Å². The first kappa shape index (κ1) is 102. The fourth-order valence-electron chi connectivity index (χ4n) is 13.3. The van der Waals surface area contributed by atoms with Crippen LogP contribution in [-0.4, -0.2) is 96.7 Å². The van der Waals surface area contributed by atoms with Crippen molar-refractivity contribution in [2.75, 3.05) is 39.6 Å². The van der Waals surface area contributed by atoms with Gasteiger partial charge in [-0.3, -0.25) is 37.3 Å². The van der Waals surface area contributed by atoms with Gasteiger partial charge in [-0.05, 0) is 31.6 Å². The van der Waals surface area contributed by atoms with E-state index in [9.17, 15) is 43.2 Å². The van der Waals surface area contributed by atoms with E-state index in [2.05, 4.69) is 34.6 Å². The molecule has 0 aromatic rings. The number of carbonyl (C=O) groups excluding carboxylic acids is 4. The molecule has 0 saturated carbocycles. The molecular weight excluding hydrogens is 1350 g/mol. The molecule has 0 spiro atoms. The van der Waals surface area contributed by atoms with Gasteiger partial charge in [-0.25, -0.2) is 9.13 Å². The topological polar surface area (TPSA) is 237 Å². The van der Waals surface area contributed by atoms with E-state index < -0.39 is 97.5 Å². The number of aliphatic hydroxyl groups is 1. The van der Waals surface area contributed by atoms with Crippen LogP contribution in [-0.2, 0) is 65.4 Å². The van der Waals surface area contributed by atoms with Crippen molar-refractivity contribution in [2.24, 2.45) is 5.92 Å². The minimum Gasteiger partial charge on any atom is -0.462 e. The zero-order chi connectivity index (χ0) is 76.2. The summed E-state index contributed by atoms with van der Waals surface area (Å²) in [6.45, 7) is 7.37. The first-order chi connectivity index (χ1) is 50.6. The van der Waals surface area contributed by atoms with Crippen molar-refractivity contribution in [1.82, 2.24) is 0 Å². The van der Waals surface area contributed by atoms with Crippen LogP contribution in [0, 0.1) is 5.92 Å². The molecule has 3 unspecified atom stereocenters. The first-order valence-electron chi connectivity index (χ1n) is 44.2. The van der Waals surface area contributed by atoms with E-state index in [1.54, 1.807) is 0 Å². The maximum Gasteiger partial charge on any atom is 0.472 e. The van der Waals surface area contributed by atoms with Crippen LogP contribution < -0.4 is 0 Å². The zero-order valence-electron chi connectivity index (χ0n) is 68.2. The van der Waals surface area contributed by atoms with Crippen LogP contribution in [0.15, 0.2) is 0 Å². The number of unbranched alkanes of at least 4 members (excludes halogenated alkanes) is 56. The second-order valence-electron chi connectivity index (χ2n) is 30.8. The molecule has 0 saturated heterocycles. The highest BCUT2D eigenvalue weighted by molar-refractivity contribution is 7.47. The van der Waals surface area contributed by atoms with Crippen LogP contribution in [0.4, 0.5) is 0 Å². The molecule has 17 nitrogen and oxygen atoms in total. The van der Waals surface area contributed by atoms with E-state index in [-0.39, 0.29) is 25.7 Å².